The highest BCUT2D eigenvalue weighted by Crippen LogP contribution is 2.28. The second kappa shape index (κ2) is 5.03. The molecule has 1 rings (SSSR count). The van der Waals surface area contributed by atoms with Crippen molar-refractivity contribution in [3.63, 3.8) is 0 Å². The van der Waals surface area contributed by atoms with E-state index in [1.54, 1.807) is 0 Å². The van der Waals surface area contributed by atoms with Crippen molar-refractivity contribution in [3.8, 4) is 0 Å². The lowest BCUT2D eigenvalue weighted by Crippen LogP contribution is -2.18. The predicted molar refractivity (Wildman–Crippen MR) is 56.3 cm³/mol. The van der Waals surface area contributed by atoms with Gasteiger partial charge >= 0.3 is 0 Å². The number of aliphatic hydroxyl groups is 1. The molecule has 0 spiro atoms. The fraction of sp³-hybridized carbons (Fsp3) is 1.00. The summed E-state index contributed by atoms with van der Waals surface area (Å²) in [6, 6.07) is 1.50. The summed E-state index contributed by atoms with van der Waals surface area (Å²) >= 11 is 0. The van der Waals surface area contributed by atoms with Gasteiger partial charge in [-0.15, -0.1) is 0 Å². The summed E-state index contributed by atoms with van der Waals surface area (Å²) < 4.78 is 0. The molecule has 72 valence electrons. The van der Waals surface area contributed by atoms with Gasteiger partial charge in [0.2, 0.25) is 0 Å². The Morgan fingerprint density at radius 2 is 1.75 bits per heavy atom. The SMILES string of the molecule is C[SiH](C)CCC1CCC(O)CC1. The van der Waals surface area contributed by atoms with Crippen molar-refractivity contribution >= 4 is 8.80 Å². The van der Waals surface area contributed by atoms with Crippen LogP contribution in [0.5, 0.6) is 0 Å². The molecule has 12 heavy (non-hydrogen) atoms. The van der Waals surface area contributed by atoms with E-state index in [1.165, 1.54) is 25.3 Å². The zero-order valence-electron chi connectivity index (χ0n) is 8.42. The Morgan fingerprint density at radius 1 is 1.17 bits per heavy atom. The van der Waals surface area contributed by atoms with Gasteiger partial charge in [0, 0.05) is 8.80 Å². The largest absolute Gasteiger partial charge is 0.393 e. The Balaban J connectivity index is 2.09. The number of hydrogen-bond donors (Lipinski definition) is 1. The summed E-state index contributed by atoms with van der Waals surface area (Å²) in [5, 5.41) is 9.31. The summed E-state index contributed by atoms with van der Waals surface area (Å²) in [6.45, 7) is 4.86. The molecule has 0 heterocycles. The van der Waals surface area contributed by atoms with Crippen molar-refractivity contribution in [1.82, 2.24) is 0 Å². The molecule has 1 N–H and O–H groups in total. The zero-order chi connectivity index (χ0) is 8.97. The van der Waals surface area contributed by atoms with E-state index >= 15 is 0 Å². The van der Waals surface area contributed by atoms with E-state index < -0.39 is 0 Å². The molecule has 0 aromatic rings. The average molecular weight is 186 g/mol. The molecule has 0 aromatic carbocycles. The molecule has 0 radical (unpaired) electrons. The molecule has 2 heteroatoms. The van der Waals surface area contributed by atoms with Crippen LogP contribution < -0.4 is 0 Å². The monoisotopic (exact) mass is 186 g/mol. The Kier molecular flexibility index (Phi) is 4.30. The van der Waals surface area contributed by atoms with E-state index in [4.69, 9.17) is 0 Å². The Bertz CT molecular complexity index is 117. The molecule has 0 unspecified atom stereocenters. The molecule has 1 aliphatic rings. The molecule has 0 aromatic heterocycles. The first-order chi connectivity index (χ1) is 5.68. The minimum atomic E-state index is -0.320. The summed E-state index contributed by atoms with van der Waals surface area (Å²) in [7, 11) is -0.320. The van der Waals surface area contributed by atoms with Crippen molar-refractivity contribution < 1.29 is 5.11 Å². The summed E-state index contributed by atoms with van der Waals surface area (Å²) in [5.74, 6) is 0.947. The fourth-order valence-electron chi connectivity index (χ4n) is 2.00. The molecule has 1 fully saturated rings. The lowest BCUT2D eigenvalue weighted by atomic mass is 9.86. The van der Waals surface area contributed by atoms with Crippen LogP contribution in [0.15, 0.2) is 0 Å². The molecule has 1 nitrogen and oxygen atoms in total. The van der Waals surface area contributed by atoms with Crippen LogP contribution in [0, 0.1) is 5.92 Å². The highest BCUT2D eigenvalue weighted by molar-refractivity contribution is 6.55. The topological polar surface area (TPSA) is 20.2 Å². The van der Waals surface area contributed by atoms with Gasteiger partial charge in [-0.3, -0.25) is 0 Å². The van der Waals surface area contributed by atoms with Crippen LogP contribution in [0.2, 0.25) is 19.1 Å². The van der Waals surface area contributed by atoms with Gasteiger partial charge in [0.25, 0.3) is 0 Å². The first kappa shape index (κ1) is 10.3. The third kappa shape index (κ3) is 3.72. The second-order valence-corrected chi connectivity index (χ2v) is 8.01. The van der Waals surface area contributed by atoms with Gasteiger partial charge in [-0.2, -0.15) is 0 Å². The molecule has 0 bridgehead atoms. The molecular formula is C10H22OSi. The van der Waals surface area contributed by atoms with E-state index in [1.807, 2.05) is 0 Å². The lowest BCUT2D eigenvalue weighted by molar-refractivity contribution is 0.108. The molecule has 1 saturated carbocycles. The maximum Gasteiger partial charge on any atom is 0.0540 e. The molecular weight excluding hydrogens is 164 g/mol. The van der Waals surface area contributed by atoms with Gasteiger partial charge < -0.3 is 5.11 Å². The van der Waals surface area contributed by atoms with E-state index in [0.717, 1.165) is 18.8 Å². The van der Waals surface area contributed by atoms with Gasteiger partial charge in [-0.1, -0.05) is 25.6 Å². The summed E-state index contributed by atoms with van der Waals surface area (Å²) in [4.78, 5) is 0. The van der Waals surface area contributed by atoms with Gasteiger partial charge in [0.15, 0.2) is 0 Å². The van der Waals surface area contributed by atoms with E-state index in [-0.39, 0.29) is 14.9 Å². The summed E-state index contributed by atoms with van der Waals surface area (Å²) in [6.07, 6.45) is 6.15. The predicted octanol–water partition coefficient (Wildman–Crippen LogP) is 2.41. The highest BCUT2D eigenvalue weighted by Gasteiger charge is 2.18. The second-order valence-electron chi connectivity index (χ2n) is 4.65. The minimum absolute atomic E-state index is 0.0255. The van der Waals surface area contributed by atoms with Crippen molar-refractivity contribution in [1.29, 1.82) is 0 Å². The van der Waals surface area contributed by atoms with Gasteiger partial charge in [0.1, 0.15) is 0 Å². The van der Waals surface area contributed by atoms with Crippen molar-refractivity contribution in [3.05, 3.63) is 0 Å². The zero-order valence-corrected chi connectivity index (χ0v) is 9.58. The van der Waals surface area contributed by atoms with Crippen LogP contribution in [0.3, 0.4) is 0 Å². The third-order valence-corrected chi connectivity index (χ3v) is 4.46. The van der Waals surface area contributed by atoms with Crippen molar-refractivity contribution in [2.75, 3.05) is 0 Å². The Labute approximate surface area is 77.8 Å². The van der Waals surface area contributed by atoms with Crippen LogP contribution in [-0.4, -0.2) is 20.0 Å². The number of hydrogen-bond acceptors (Lipinski definition) is 1. The Morgan fingerprint density at radius 3 is 2.25 bits per heavy atom. The highest BCUT2D eigenvalue weighted by atomic mass is 28.3. The van der Waals surface area contributed by atoms with Crippen LogP contribution >= 0.6 is 0 Å². The molecule has 0 atom stereocenters. The normalized spacial score (nSPS) is 31.0. The molecule has 0 amide bonds. The van der Waals surface area contributed by atoms with Crippen molar-refractivity contribution in [2.45, 2.75) is 57.3 Å². The lowest BCUT2D eigenvalue weighted by Gasteiger charge is -2.25. The maximum absolute atomic E-state index is 9.31. The van der Waals surface area contributed by atoms with Gasteiger partial charge in [-0.25, -0.2) is 0 Å². The molecule has 0 saturated heterocycles. The molecule has 0 aliphatic heterocycles. The third-order valence-electron chi connectivity index (χ3n) is 2.97. The Hall–Kier alpha value is 0.177. The minimum Gasteiger partial charge on any atom is -0.393 e. The maximum atomic E-state index is 9.31. The quantitative estimate of drug-likeness (QED) is 0.671. The number of aliphatic hydroxyl groups excluding tert-OH is 1. The van der Waals surface area contributed by atoms with Crippen molar-refractivity contribution in [2.24, 2.45) is 5.92 Å². The number of rotatable bonds is 3. The smallest absolute Gasteiger partial charge is 0.0540 e. The first-order valence-corrected chi connectivity index (χ1v) is 8.49. The summed E-state index contributed by atoms with van der Waals surface area (Å²) in [5.41, 5.74) is 0. The first-order valence-electron chi connectivity index (χ1n) is 5.36. The van der Waals surface area contributed by atoms with Crippen LogP contribution in [0.25, 0.3) is 0 Å². The van der Waals surface area contributed by atoms with Gasteiger partial charge in [0.05, 0.1) is 6.10 Å². The fourth-order valence-corrected chi connectivity index (χ4v) is 3.14. The molecule has 1 aliphatic carbocycles. The standard InChI is InChI=1S/C10H22OSi/c1-12(2)8-7-9-3-5-10(11)6-4-9/h9-12H,3-8H2,1-2H3. The van der Waals surface area contributed by atoms with Crippen LogP contribution in [-0.2, 0) is 0 Å². The van der Waals surface area contributed by atoms with E-state index in [0.29, 0.717) is 0 Å². The van der Waals surface area contributed by atoms with E-state index in [2.05, 4.69) is 13.1 Å². The van der Waals surface area contributed by atoms with Gasteiger partial charge in [-0.05, 0) is 31.6 Å². The van der Waals surface area contributed by atoms with Crippen LogP contribution in [0.1, 0.15) is 32.1 Å². The average Bonchev–Trinajstić information content (AvgIpc) is 2.03. The van der Waals surface area contributed by atoms with Crippen LogP contribution in [0.4, 0.5) is 0 Å². The van der Waals surface area contributed by atoms with E-state index in [9.17, 15) is 5.11 Å².